The third kappa shape index (κ3) is 5.77. The summed E-state index contributed by atoms with van der Waals surface area (Å²) < 4.78 is 15.8. The summed E-state index contributed by atoms with van der Waals surface area (Å²) in [6.07, 6.45) is 4.30. The Labute approximate surface area is 183 Å². The topological polar surface area (TPSA) is 94.2 Å². The second-order valence-electron chi connectivity index (χ2n) is 8.73. The average Bonchev–Trinajstić information content (AvgIpc) is 2.65. The molecule has 8 heteroatoms. The number of carbonyl (C=O) groups is 3. The number of amides is 1. The van der Waals surface area contributed by atoms with E-state index < -0.39 is 29.6 Å². The number of methoxy groups -OCH3 is 1. The van der Waals surface area contributed by atoms with E-state index in [-0.39, 0.29) is 12.6 Å². The van der Waals surface area contributed by atoms with E-state index in [0.29, 0.717) is 28.1 Å². The molecule has 2 rings (SSSR count). The van der Waals surface area contributed by atoms with Crippen LogP contribution in [-0.2, 0) is 23.8 Å². The molecular formula is C23H32N2O6. The van der Waals surface area contributed by atoms with Gasteiger partial charge in [-0.2, -0.15) is 0 Å². The van der Waals surface area contributed by atoms with Crippen molar-refractivity contribution in [1.82, 2.24) is 10.2 Å². The van der Waals surface area contributed by atoms with Crippen molar-refractivity contribution in [1.29, 1.82) is 0 Å². The Hall–Kier alpha value is -3.03. The zero-order valence-corrected chi connectivity index (χ0v) is 19.5. The van der Waals surface area contributed by atoms with Gasteiger partial charge in [0.2, 0.25) is 0 Å². The molecule has 0 aromatic heterocycles. The van der Waals surface area contributed by atoms with Crippen molar-refractivity contribution in [3.8, 4) is 0 Å². The first-order valence-corrected chi connectivity index (χ1v) is 10.2. The predicted molar refractivity (Wildman–Crippen MR) is 115 cm³/mol. The van der Waals surface area contributed by atoms with Crippen LogP contribution in [0.4, 0.5) is 4.79 Å². The molecule has 1 amide bonds. The fourth-order valence-electron chi connectivity index (χ4n) is 3.43. The Balaban J connectivity index is 2.43. The zero-order chi connectivity index (χ0) is 23.5. The predicted octanol–water partition coefficient (Wildman–Crippen LogP) is 3.57. The minimum absolute atomic E-state index is 0.240. The van der Waals surface area contributed by atoms with Crippen LogP contribution in [0.3, 0.4) is 0 Å². The number of hydrogen-bond donors (Lipinski definition) is 1. The summed E-state index contributed by atoms with van der Waals surface area (Å²) >= 11 is 0. The van der Waals surface area contributed by atoms with Gasteiger partial charge in [0.25, 0.3) is 0 Å². The maximum atomic E-state index is 12.9. The van der Waals surface area contributed by atoms with E-state index in [4.69, 9.17) is 14.2 Å². The van der Waals surface area contributed by atoms with E-state index in [1.165, 1.54) is 12.0 Å². The molecule has 0 aromatic carbocycles. The summed E-state index contributed by atoms with van der Waals surface area (Å²) in [6, 6.07) is 0. The molecule has 0 bridgehead atoms. The Bertz CT molecular complexity index is 886. The highest BCUT2D eigenvalue weighted by atomic mass is 16.6. The molecule has 1 unspecified atom stereocenters. The first kappa shape index (κ1) is 24.2. The van der Waals surface area contributed by atoms with Gasteiger partial charge in [0, 0.05) is 24.1 Å². The van der Waals surface area contributed by atoms with E-state index in [9.17, 15) is 14.4 Å². The molecule has 8 nitrogen and oxygen atoms in total. The van der Waals surface area contributed by atoms with Crippen LogP contribution in [0.25, 0.3) is 0 Å². The zero-order valence-electron chi connectivity index (χ0n) is 19.5. The van der Waals surface area contributed by atoms with E-state index in [2.05, 4.69) is 5.32 Å². The van der Waals surface area contributed by atoms with Crippen LogP contribution in [0.15, 0.2) is 46.5 Å². The van der Waals surface area contributed by atoms with Crippen LogP contribution in [0.5, 0.6) is 0 Å². The number of hydrogen-bond acceptors (Lipinski definition) is 7. The van der Waals surface area contributed by atoms with E-state index in [1.54, 1.807) is 66.8 Å². The molecule has 0 saturated carbocycles. The van der Waals surface area contributed by atoms with Gasteiger partial charge in [0.15, 0.2) is 0 Å². The summed E-state index contributed by atoms with van der Waals surface area (Å²) in [4.78, 5) is 39.3. The SMILES string of the molecule is COC(=O)C1=C(C)NC(C)=C(C(=O)OC(C)C)C1C1=CCN(C(=O)OC(C)(C)C)C=C1. The van der Waals surface area contributed by atoms with Crippen molar-refractivity contribution in [2.45, 2.75) is 60.2 Å². The lowest BCUT2D eigenvalue weighted by molar-refractivity contribution is -0.143. The lowest BCUT2D eigenvalue weighted by Crippen LogP contribution is -2.37. The van der Waals surface area contributed by atoms with Gasteiger partial charge < -0.3 is 19.5 Å². The molecule has 31 heavy (non-hydrogen) atoms. The highest BCUT2D eigenvalue weighted by Crippen LogP contribution is 2.38. The lowest BCUT2D eigenvalue weighted by atomic mass is 9.79. The van der Waals surface area contributed by atoms with Gasteiger partial charge in [-0.1, -0.05) is 6.08 Å². The third-order valence-electron chi connectivity index (χ3n) is 4.66. The largest absolute Gasteiger partial charge is 0.466 e. The molecule has 0 aromatic rings. The monoisotopic (exact) mass is 432 g/mol. The fourth-order valence-corrected chi connectivity index (χ4v) is 3.43. The first-order valence-electron chi connectivity index (χ1n) is 10.2. The number of nitrogens with zero attached hydrogens (tertiary/aromatic N) is 1. The molecule has 1 N–H and O–H groups in total. The number of rotatable bonds is 4. The van der Waals surface area contributed by atoms with E-state index in [1.807, 2.05) is 0 Å². The summed E-state index contributed by atoms with van der Waals surface area (Å²) in [5, 5.41) is 3.09. The number of esters is 2. The molecule has 2 aliphatic rings. The van der Waals surface area contributed by atoms with Crippen LogP contribution in [0.1, 0.15) is 48.5 Å². The fraction of sp³-hybridized carbons (Fsp3) is 0.522. The number of dihydropyridines is 1. The maximum Gasteiger partial charge on any atom is 0.414 e. The minimum atomic E-state index is -0.683. The molecule has 0 fully saturated rings. The molecule has 170 valence electrons. The van der Waals surface area contributed by atoms with Crippen LogP contribution in [0.2, 0.25) is 0 Å². The van der Waals surface area contributed by atoms with Crippen LogP contribution in [0, 0.1) is 5.92 Å². The molecule has 0 aliphatic carbocycles. The second kappa shape index (κ2) is 9.41. The molecule has 0 radical (unpaired) electrons. The van der Waals surface area contributed by atoms with Crippen molar-refractivity contribution in [3.63, 3.8) is 0 Å². The van der Waals surface area contributed by atoms with E-state index in [0.717, 1.165) is 0 Å². The molecule has 1 atom stereocenters. The molecule has 0 saturated heterocycles. The highest BCUT2D eigenvalue weighted by Gasteiger charge is 2.39. The van der Waals surface area contributed by atoms with Gasteiger partial charge in [0.1, 0.15) is 5.60 Å². The maximum absolute atomic E-state index is 12.9. The van der Waals surface area contributed by atoms with Gasteiger partial charge in [-0.15, -0.1) is 0 Å². The van der Waals surface area contributed by atoms with Crippen LogP contribution < -0.4 is 5.32 Å². The second-order valence-corrected chi connectivity index (χ2v) is 8.73. The molecule has 2 heterocycles. The Morgan fingerprint density at radius 3 is 2.13 bits per heavy atom. The van der Waals surface area contributed by atoms with Crippen molar-refractivity contribution in [3.05, 3.63) is 46.5 Å². The van der Waals surface area contributed by atoms with Crippen molar-refractivity contribution < 1.29 is 28.6 Å². The van der Waals surface area contributed by atoms with Gasteiger partial charge in [-0.05, 0) is 60.1 Å². The average molecular weight is 433 g/mol. The first-order chi connectivity index (χ1) is 14.4. The van der Waals surface area contributed by atoms with Crippen molar-refractivity contribution in [2.24, 2.45) is 5.92 Å². The Morgan fingerprint density at radius 2 is 1.68 bits per heavy atom. The van der Waals surface area contributed by atoms with Gasteiger partial charge in [0.05, 0.1) is 30.3 Å². The standard InChI is InChI=1S/C23H32N2O6/c1-13(2)30-21(27)18-15(4)24-14(3)17(20(26)29-8)19(18)16-9-11-25(12-10-16)22(28)31-23(5,6)7/h9-11,13,19,24H,12H2,1-8H3. The smallest absolute Gasteiger partial charge is 0.414 e. The van der Waals surface area contributed by atoms with E-state index >= 15 is 0 Å². The normalized spacial score (nSPS) is 19.2. The minimum Gasteiger partial charge on any atom is -0.466 e. The highest BCUT2D eigenvalue weighted by molar-refractivity contribution is 5.99. The Kier molecular flexibility index (Phi) is 7.36. The van der Waals surface area contributed by atoms with Crippen molar-refractivity contribution in [2.75, 3.05) is 13.7 Å². The quantitative estimate of drug-likeness (QED) is 0.536. The summed E-state index contributed by atoms with van der Waals surface area (Å²) in [5.74, 6) is -1.74. The summed E-state index contributed by atoms with van der Waals surface area (Å²) in [6.45, 7) is 12.7. The molecule has 2 aliphatic heterocycles. The third-order valence-corrected chi connectivity index (χ3v) is 4.66. The number of allylic oxidation sites excluding steroid dienone is 4. The van der Waals surface area contributed by atoms with Crippen LogP contribution in [-0.4, -0.2) is 48.3 Å². The van der Waals surface area contributed by atoms with Crippen LogP contribution >= 0.6 is 0 Å². The number of carbonyl (C=O) groups excluding carboxylic acids is 3. The van der Waals surface area contributed by atoms with Gasteiger partial charge >= 0.3 is 18.0 Å². The van der Waals surface area contributed by atoms with Gasteiger partial charge in [-0.25, -0.2) is 14.4 Å². The molecule has 0 spiro atoms. The lowest BCUT2D eigenvalue weighted by Gasteiger charge is -2.33. The van der Waals surface area contributed by atoms with Gasteiger partial charge in [-0.3, -0.25) is 4.90 Å². The Morgan fingerprint density at radius 1 is 1.10 bits per heavy atom. The number of nitrogens with one attached hydrogen (secondary N) is 1. The summed E-state index contributed by atoms with van der Waals surface area (Å²) in [7, 11) is 1.30. The van der Waals surface area contributed by atoms with Crippen molar-refractivity contribution >= 4 is 18.0 Å². The summed E-state index contributed by atoms with van der Waals surface area (Å²) in [5.41, 5.74) is 1.93. The molecular weight excluding hydrogens is 400 g/mol. The number of ether oxygens (including phenoxy) is 3.